The maximum Gasteiger partial charge on any atom is 0.166 e. The molecule has 0 radical (unpaired) electrons. The molecular weight excluding hydrogens is 258 g/mol. The molecule has 1 heterocycles. The summed E-state index contributed by atoms with van der Waals surface area (Å²) >= 11 is 0. The fourth-order valence-electron chi connectivity index (χ4n) is 1.75. The quantitative estimate of drug-likeness (QED) is 0.812. The molecule has 0 aliphatic heterocycles. The highest BCUT2D eigenvalue weighted by Crippen LogP contribution is 2.35. The van der Waals surface area contributed by atoms with E-state index in [0.717, 1.165) is 0 Å². The largest absolute Gasteiger partial charge is 0.507 e. The van der Waals surface area contributed by atoms with Crippen LogP contribution < -0.4 is 4.74 Å². The summed E-state index contributed by atoms with van der Waals surface area (Å²) in [7, 11) is 0. The fourth-order valence-corrected chi connectivity index (χ4v) is 1.75. The van der Waals surface area contributed by atoms with E-state index in [1.807, 2.05) is 6.92 Å². The predicted molar refractivity (Wildman–Crippen MR) is 73.7 cm³/mol. The summed E-state index contributed by atoms with van der Waals surface area (Å²) in [5.41, 5.74) is 1.21. The van der Waals surface area contributed by atoms with Crippen LogP contribution in [0.1, 0.15) is 12.5 Å². The van der Waals surface area contributed by atoms with Crippen LogP contribution in [0.5, 0.6) is 11.5 Å². The van der Waals surface area contributed by atoms with Gasteiger partial charge in [-0.25, -0.2) is 15.0 Å². The number of hydrogen-bond acceptors (Lipinski definition) is 6. The van der Waals surface area contributed by atoms with Gasteiger partial charge in [-0.2, -0.15) is 0 Å². The van der Waals surface area contributed by atoms with Gasteiger partial charge in [-0.3, -0.25) is 0 Å². The molecule has 0 fully saturated rings. The Morgan fingerprint density at radius 2 is 1.90 bits per heavy atom. The minimum Gasteiger partial charge on any atom is -0.507 e. The second-order valence-electron chi connectivity index (χ2n) is 4.09. The first-order chi connectivity index (χ1) is 9.74. The molecule has 0 saturated heterocycles. The van der Waals surface area contributed by atoms with Crippen LogP contribution >= 0.6 is 0 Å². The molecule has 6 heteroatoms. The zero-order valence-electron chi connectivity index (χ0n) is 11.5. The lowest BCUT2D eigenvalue weighted by Crippen LogP contribution is -2.07. The number of aromatic hydroxyl groups is 1. The molecule has 6 nitrogen and oxygen atoms in total. The minimum absolute atomic E-state index is 0.116. The van der Waals surface area contributed by atoms with E-state index in [-0.39, 0.29) is 5.75 Å². The van der Waals surface area contributed by atoms with Gasteiger partial charge in [0.05, 0.1) is 12.2 Å². The number of phenolic OH excluding ortho intramolecular Hbond substituents is 1. The molecule has 0 spiro atoms. The number of aromatic nitrogens is 3. The summed E-state index contributed by atoms with van der Waals surface area (Å²) in [6.45, 7) is 5.34. The summed E-state index contributed by atoms with van der Waals surface area (Å²) in [5, 5.41) is 10.2. The summed E-state index contributed by atoms with van der Waals surface area (Å²) in [6.07, 6.45) is 2.78. The number of rotatable bonds is 6. The van der Waals surface area contributed by atoms with E-state index in [9.17, 15) is 5.11 Å². The summed E-state index contributed by atoms with van der Waals surface area (Å²) in [6, 6.07) is 3.52. The molecule has 0 aliphatic rings. The zero-order chi connectivity index (χ0) is 14.4. The van der Waals surface area contributed by atoms with Crippen molar-refractivity contribution in [2.45, 2.75) is 13.8 Å². The maximum atomic E-state index is 10.2. The van der Waals surface area contributed by atoms with Gasteiger partial charge >= 0.3 is 0 Å². The molecule has 2 rings (SSSR count). The molecule has 2 aromatic rings. The Labute approximate surface area is 117 Å². The Morgan fingerprint density at radius 1 is 1.15 bits per heavy atom. The van der Waals surface area contributed by atoms with Crippen molar-refractivity contribution < 1.29 is 14.6 Å². The maximum absolute atomic E-state index is 10.2. The molecule has 1 aromatic carbocycles. The van der Waals surface area contributed by atoms with Gasteiger partial charge in [-0.1, -0.05) is 0 Å². The fraction of sp³-hybridized carbons (Fsp3) is 0.357. The molecule has 0 saturated carbocycles. The third-order valence-corrected chi connectivity index (χ3v) is 2.80. The van der Waals surface area contributed by atoms with Crippen molar-refractivity contribution in [1.82, 2.24) is 15.0 Å². The Morgan fingerprint density at radius 3 is 2.60 bits per heavy atom. The van der Waals surface area contributed by atoms with Gasteiger partial charge in [0.2, 0.25) is 0 Å². The first kappa shape index (κ1) is 14.2. The van der Waals surface area contributed by atoms with E-state index in [4.69, 9.17) is 9.47 Å². The van der Waals surface area contributed by atoms with Crippen LogP contribution in [-0.2, 0) is 4.74 Å². The molecule has 0 aliphatic carbocycles. The Bertz CT molecular complexity index is 561. The zero-order valence-corrected chi connectivity index (χ0v) is 11.5. The van der Waals surface area contributed by atoms with Crippen LogP contribution in [0.25, 0.3) is 11.4 Å². The van der Waals surface area contributed by atoms with Crippen molar-refractivity contribution in [3.63, 3.8) is 0 Å². The highest BCUT2D eigenvalue weighted by atomic mass is 16.5. The molecule has 1 aromatic heterocycles. The predicted octanol–water partition coefficient (Wildman–Crippen LogP) is 1.97. The van der Waals surface area contributed by atoms with Crippen LogP contribution in [0.15, 0.2) is 24.8 Å². The summed E-state index contributed by atoms with van der Waals surface area (Å²) in [4.78, 5) is 11.8. The number of hydrogen-bond donors (Lipinski definition) is 1. The van der Waals surface area contributed by atoms with Crippen molar-refractivity contribution in [2.75, 3.05) is 19.8 Å². The number of phenols is 1. The Kier molecular flexibility index (Phi) is 4.84. The van der Waals surface area contributed by atoms with Crippen molar-refractivity contribution in [1.29, 1.82) is 0 Å². The lowest BCUT2D eigenvalue weighted by Gasteiger charge is -2.12. The third-order valence-electron chi connectivity index (χ3n) is 2.80. The van der Waals surface area contributed by atoms with E-state index >= 15 is 0 Å². The van der Waals surface area contributed by atoms with Crippen LogP contribution in [0, 0.1) is 6.92 Å². The minimum atomic E-state index is 0.116. The molecule has 0 bridgehead atoms. The van der Waals surface area contributed by atoms with Crippen molar-refractivity contribution in [3.05, 3.63) is 30.4 Å². The average Bonchev–Trinajstić information content (AvgIpc) is 2.49. The van der Waals surface area contributed by atoms with Crippen molar-refractivity contribution in [2.24, 2.45) is 0 Å². The molecular formula is C14H17N3O3. The van der Waals surface area contributed by atoms with Gasteiger partial charge in [-0.15, -0.1) is 0 Å². The second kappa shape index (κ2) is 6.81. The van der Waals surface area contributed by atoms with Crippen molar-refractivity contribution >= 4 is 0 Å². The molecule has 106 valence electrons. The molecule has 20 heavy (non-hydrogen) atoms. The SMILES string of the molecule is CCOCCOc1ccc(-c2ncncn2)c(O)c1C. The molecule has 1 N–H and O–H groups in total. The Balaban J connectivity index is 2.17. The molecule has 0 amide bonds. The lowest BCUT2D eigenvalue weighted by atomic mass is 10.1. The van der Waals surface area contributed by atoms with Crippen LogP contribution in [0.2, 0.25) is 0 Å². The molecule has 0 atom stereocenters. The summed E-state index contributed by atoms with van der Waals surface area (Å²) in [5.74, 6) is 1.17. The van der Waals surface area contributed by atoms with E-state index in [1.54, 1.807) is 19.1 Å². The van der Waals surface area contributed by atoms with Gasteiger partial charge in [0.15, 0.2) is 5.82 Å². The van der Waals surface area contributed by atoms with E-state index < -0.39 is 0 Å². The second-order valence-corrected chi connectivity index (χ2v) is 4.09. The standard InChI is InChI=1S/C14H17N3O3/c1-3-19-6-7-20-12-5-4-11(13(18)10(12)2)14-16-8-15-9-17-14/h4-5,8-9,18H,3,6-7H2,1-2H3. The number of benzene rings is 1. The lowest BCUT2D eigenvalue weighted by molar-refractivity contribution is 0.110. The molecule has 0 unspecified atom stereocenters. The van der Waals surface area contributed by atoms with Gasteiger partial charge in [0.25, 0.3) is 0 Å². The van der Waals surface area contributed by atoms with Crippen LogP contribution in [0.4, 0.5) is 0 Å². The average molecular weight is 275 g/mol. The van der Waals surface area contributed by atoms with Gasteiger partial charge in [0.1, 0.15) is 30.8 Å². The normalized spacial score (nSPS) is 10.5. The number of ether oxygens (including phenoxy) is 2. The first-order valence-electron chi connectivity index (χ1n) is 6.39. The highest BCUT2D eigenvalue weighted by molar-refractivity contribution is 5.68. The first-order valence-corrected chi connectivity index (χ1v) is 6.39. The van der Waals surface area contributed by atoms with Crippen molar-refractivity contribution in [3.8, 4) is 22.9 Å². The number of nitrogens with zero attached hydrogens (tertiary/aromatic N) is 3. The Hall–Kier alpha value is -2.21. The topological polar surface area (TPSA) is 77.4 Å². The van der Waals surface area contributed by atoms with E-state index in [0.29, 0.717) is 42.5 Å². The highest BCUT2D eigenvalue weighted by Gasteiger charge is 2.13. The monoisotopic (exact) mass is 275 g/mol. The third kappa shape index (κ3) is 3.21. The van der Waals surface area contributed by atoms with Gasteiger partial charge in [-0.05, 0) is 26.0 Å². The van der Waals surface area contributed by atoms with E-state index in [1.165, 1.54) is 12.7 Å². The smallest absolute Gasteiger partial charge is 0.166 e. The summed E-state index contributed by atoms with van der Waals surface area (Å²) < 4.78 is 10.8. The van der Waals surface area contributed by atoms with Gasteiger partial charge in [0, 0.05) is 12.2 Å². The van der Waals surface area contributed by atoms with Crippen LogP contribution in [0.3, 0.4) is 0 Å². The van der Waals surface area contributed by atoms with Crippen LogP contribution in [-0.4, -0.2) is 39.9 Å². The van der Waals surface area contributed by atoms with E-state index in [2.05, 4.69) is 15.0 Å². The van der Waals surface area contributed by atoms with Gasteiger partial charge < -0.3 is 14.6 Å².